The number of nitrogens with one attached hydrogen (secondary N) is 1. The first-order valence-electron chi connectivity index (χ1n) is 8.55. The Bertz CT molecular complexity index is 1010. The molecular formula is C19H22ClN3O2S. The van der Waals surface area contributed by atoms with E-state index in [9.17, 15) is 8.42 Å². The standard InChI is InChI=1S/C19H22ClN3O2S/c1-14(2)12-23-13-15(16-6-5-10-21-19(16)23)9-11-22-26(24,25)18-8-4-3-7-17(18)20/h3-8,10,13-14,22H,9,11-12H2,1-2H3. The van der Waals surface area contributed by atoms with Crippen LogP contribution in [0.5, 0.6) is 0 Å². The fourth-order valence-corrected chi connectivity index (χ4v) is 4.54. The lowest BCUT2D eigenvalue weighted by molar-refractivity contribution is 0.532. The second-order valence-corrected chi connectivity index (χ2v) is 8.80. The molecule has 1 N–H and O–H groups in total. The van der Waals surface area contributed by atoms with Gasteiger partial charge in [0.1, 0.15) is 10.5 Å². The third-order valence-corrected chi connectivity index (χ3v) is 6.05. The average Bonchev–Trinajstić information content (AvgIpc) is 2.92. The number of aromatic nitrogens is 2. The molecule has 2 aromatic heterocycles. The lowest BCUT2D eigenvalue weighted by atomic mass is 10.2. The number of hydrogen-bond donors (Lipinski definition) is 1. The first kappa shape index (κ1) is 18.9. The summed E-state index contributed by atoms with van der Waals surface area (Å²) in [5.74, 6) is 0.499. The molecule has 138 valence electrons. The Morgan fingerprint density at radius 3 is 2.69 bits per heavy atom. The van der Waals surface area contributed by atoms with E-state index in [0.717, 1.165) is 23.1 Å². The number of benzene rings is 1. The van der Waals surface area contributed by atoms with Crippen molar-refractivity contribution in [1.29, 1.82) is 0 Å². The average molecular weight is 392 g/mol. The van der Waals surface area contributed by atoms with Gasteiger partial charge in [0.05, 0.1) is 5.02 Å². The van der Waals surface area contributed by atoms with Crippen molar-refractivity contribution in [2.45, 2.75) is 31.7 Å². The molecule has 0 bridgehead atoms. The molecule has 0 saturated heterocycles. The topological polar surface area (TPSA) is 64.0 Å². The van der Waals surface area contributed by atoms with Crippen molar-refractivity contribution in [2.75, 3.05) is 6.54 Å². The molecule has 1 aromatic carbocycles. The Labute approximate surface area is 159 Å². The lowest BCUT2D eigenvalue weighted by Crippen LogP contribution is -2.26. The van der Waals surface area contributed by atoms with Crippen molar-refractivity contribution in [3.63, 3.8) is 0 Å². The number of pyridine rings is 1. The molecule has 0 fully saturated rings. The van der Waals surface area contributed by atoms with Crippen LogP contribution in [0.3, 0.4) is 0 Å². The van der Waals surface area contributed by atoms with Crippen molar-refractivity contribution < 1.29 is 8.42 Å². The van der Waals surface area contributed by atoms with Crippen molar-refractivity contribution in [2.24, 2.45) is 5.92 Å². The van der Waals surface area contributed by atoms with Crippen LogP contribution in [0.25, 0.3) is 11.0 Å². The Kier molecular flexibility index (Phi) is 5.65. The van der Waals surface area contributed by atoms with E-state index in [0.29, 0.717) is 18.9 Å². The van der Waals surface area contributed by atoms with Gasteiger partial charge in [-0.1, -0.05) is 37.6 Å². The first-order chi connectivity index (χ1) is 12.4. The highest BCUT2D eigenvalue weighted by molar-refractivity contribution is 7.89. The predicted octanol–water partition coefficient (Wildman–Crippen LogP) is 3.87. The van der Waals surface area contributed by atoms with Crippen LogP contribution in [-0.2, 0) is 23.0 Å². The van der Waals surface area contributed by atoms with Gasteiger partial charge in [-0.25, -0.2) is 18.1 Å². The van der Waals surface area contributed by atoms with Gasteiger partial charge >= 0.3 is 0 Å². The molecule has 3 rings (SSSR count). The second-order valence-electron chi connectivity index (χ2n) is 6.65. The van der Waals surface area contributed by atoms with Crippen LogP contribution in [0.1, 0.15) is 19.4 Å². The summed E-state index contributed by atoms with van der Waals surface area (Å²) in [5, 5.41) is 1.28. The Morgan fingerprint density at radius 2 is 1.96 bits per heavy atom. The van der Waals surface area contributed by atoms with Crippen LogP contribution >= 0.6 is 11.6 Å². The van der Waals surface area contributed by atoms with Crippen LogP contribution < -0.4 is 4.72 Å². The van der Waals surface area contributed by atoms with Gasteiger partial charge in [-0.2, -0.15) is 0 Å². The molecule has 0 spiro atoms. The van der Waals surface area contributed by atoms with Crippen molar-refractivity contribution in [3.8, 4) is 0 Å². The molecule has 0 unspecified atom stereocenters. The van der Waals surface area contributed by atoms with E-state index in [-0.39, 0.29) is 9.92 Å². The van der Waals surface area contributed by atoms with Crippen LogP contribution in [0.15, 0.2) is 53.7 Å². The Morgan fingerprint density at radius 1 is 1.19 bits per heavy atom. The van der Waals surface area contributed by atoms with Crippen molar-refractivity contribution in [1.82, 2.24) is 14.3 Å². The van der Waals surface area contributed by atoms with Gasteiger partial charge < -0.3 is 4.57 Å². The number of fused-ring (bicyclic) bond motifs is 1. The van der Waals surface area contributed by atoms with Gasteiger partial charge in [-0.15, -0.1) is 0 Å². The fraction of sp³-hybridized carbons (Fsp3) is 0.316. The van der Waals surface area contributed by atoms with Gasteiger partial charge in [0, 0.05) is 30.9 Å². The van der Waals surface area contributed by atoms with E-state index in [1.807, 2.05) is 12.1 Å². The molecule has 0 saturated carbocycles. The van der Waals surface area contributed by atoms with Crippen LogP contribution in [0, 0.1) is 5.92 Å². The van der Waals surface area contributed by atoms with E-state index in [1.54, 1.807) is 24.4 Å². The van der Waals surface area contributed by atoms with Crippen molar-refractivity contribution in [3.05, 3.63) is 59.4 Å². The summed E-state index contributed by atoms with van der Waals surface area (Å²) in [4.78, 5) is 4.58. The molecule has 2 heterocycles. The molecule has 0 amide bonds. The summed E-state index contributed by atoms with van der Waals surface area (Å²) in [7, 11) is -3.63. The van der Waals surface area contributed by atoms with Crippen LogP contribution in [-0.4, -0.2) is 24.5 Å². The summed E-state index contributed by atoms with van der Waals surface area (Å²) >= 11 is 6.00. The van der Waals surface area contributed by atoms with Crippen molar-refractivity contribution >= 4 is 32.7 Å². The molecular weight excluding hydrogens is 370 g/mol. The SMILES string of the molecule is CC(C)Cn1cc(CCNS(=O)(=O)c2ccccc2Cl)c2cccnc21. The zero-order valence-corrected chi connectivity index (χ0v) is 16.4. The summed E-state index contributed by atoms with van der Waals surface area (Å²) in [6.07, 6.45) is 4.43. The Balaban J connectivity index is 1.77. The second kappa shape index (κ2) is 7.78. The zero-order chi connectivity index (χ0) is 18.7. The minimum atomic E-state index is -3.63. The molecule has 5 nitrogen and oxygen atoms in total. The lowest BCUT2D eigenvalue weighted by Gasteiger charge is -2.08. The molecule has 26 heavy (non-hydrogen) atoms. The summed E-state index contributed by atoms with van der Waals surface area (Å²) in [6, 6.07) is 10.4. The predicted molar refractivity (Wildman–Crippen MR) is 105 cm³/mol. The normalized spacial score (nSPS) is 12.2. The molecule has 0 aliphatic heterocycles. The van der Waals surface area contributed by atoms with Gasteiger partial charge in [0.15, 0.2) is 0 Å². The summed E-state index contributed by atoms with van der Waals surface area (Å²) in [5.41, 5.74) is 2.01. The van der Waals surface area contributed by atoms with E-state index in [4.69, 9.17) is 11.6 Å². The molecule has 3 aromatic rings. The summed E-state index contributed by atoms with van der Waals surface area (Å²) in [6.45, 7) is 5.49. The van der Waals surface area contributed by atoms with E-state index >= 15 is 0 Å². The van der Waals surface area contributed by atoms with E-state index < -0.39 is 10.0 Å². The minimum absolute atomic E-state index is 0.102. The number of hydrogen-bond acceptors (Lipinski definition) is 3. The quantitative estimate of drug-likeness (QED) is 0.665. The smallest absolute Gasteiger partial charge is 0.242 e. The maximum atomic E-state index is 12.4. The summed E-state index contributed by atoms with van der Waals surface area (Å²) < 4.78 is 29.7. The maximum absolute atomic E-state index is 12.4. The third-order valence-electron chi connectivity index (χ3n) is 4.09. The highest BCUT2D eigenvalue weighted by atomic mass is 35.5. The third kappa shape index (κ3) is 4.09. The van der Waals surface area contributed by atoms with Crippen LogP contribution in [0.4, 0.5) is 0 Å². The highest BCUT2D eigenvalue weighted by Gasteiger charge is 2.17. The highest BCUT2D eigenvalue weighted by Crippen LogP contribution is 2.22. The van der Waals surface area contributed by atoms with Gasteiger partial charge in [0.25, 0.3) is 0 Å². The number of sulfonamides is 1. The van der Waals surface area contributed by atoms with E-state index in [2.05, 4.69) is 34.3 Å². The molecule has 0 atom stereocenters. The fourth-order valence-electron chi connectivity index (χ4n) is 2.99. The minimum Gasteiger partial charge on any atom is -0.332 e. The molecule has 0 aliphatic rings. The largest absolute Gasteiger partial charge is 0.332 e. The number of rotatable bonds is 7. The molecule has 0 radical (unpaired) electrons. The number of halogens is 1. The van der Waals surface area contributed by atoms with E-state index in [1.165, 1.54) is 6.07 Å². The number of nitrogens with zero attached hydrogens (tertiary/aromatic N) is 2. The monoisotopic (exact) mass is 391 g/mol. The van der Waals surface area contributed by atoms with Gasteiger partial charge in [-0.05, 0) is 42.2 Å². The molecule has 7 heteroatoms. The van der Waals surface area contributed by atoms with Gasteiger partial charge in [-0.3, -0.25) is 0 Å². The first-order valence-corrected chi connectivity index (χ1v) is 10.4. The van der Waals surface area contributed by atoms with Gasteiger partial charge in [0.2, 0.25) is 10.0 Å². The molecule has 0 aliphatic carbocycles. The Hall–Kier alpha value is -1.89. The zero-order valence-electron chi connectivity index (χ0n) is 14.8. The maximum Gasteiger partial charge on any atom is 0.242 e. The van der Waals surface area contributed by atoms with Crippen LogP contribution in [0.2, 0.25) is 5.02 Å².